The van der Waals surface area contributed by atoms with Gasteiger partial charge in [-0.2, -0.15) is 0 Å². The Labute approximate surface area is 114 Å². The number of benzene rings is 1. The third-order valence-electron chi connectivity index (χ3n) is 3.08. The zero-order valence-electron chi connectivity index (χ0n) is 11.7. The van der Waals surface area contributed by atoms with E-state index in [1.165, 1.54) is 0 Å². The van der Waals surface area contributed by atoms with Crippen molar-refractivity contribution in [1.82, 2.24) is 5.32 Å². The van der Waals surface area contributed by atoms with Crippen molar-refractivity contribution >= 4 is 11.6 Å². The topological polar surface area (TPSA) is 41.6 Å². The number of nitrogens with zero attached hydrogens (tertiary/aromatic N) is 1. The number of anilines is 1. The summed E-state index contributed by atoms with van der Waals surface area (Å²) in [7, 11) is 0. The van der Waals surface area contributed by atoms with Crippen LogP contribution in [0.5, 0.6) is 5.75 Å². The van der Waals surface area contributed by atoms with Gasteiger partial charge < -0.3 is 15.0 Å². The molecule has 1 aromatic carbocycles. The van der Waals surface area contributed by atoms with Gasteiger partial charge in [-0.05, 0) is 51.1 Å². The summed E-state index contributed by atoms with van der Waals surface area (Å²) < 4.78 is 5.61. The van der Waals surface area contributed by atoms with E-state index in [1.807, 2.05) is 43.0 Å². The first kappa shape index (κ1) is 13.9. The Morgan fingerprint density at radius 3 is 2.63 bits per heavy atom. The van der Waals surface area contributed by atoms with Gasteiger partial charge >= 0.3 is 0 Å². The highest BCUT2D eigenvalue weighted by Gasteiger charge is 2.16. The molecule has 0 saturated carbocycles. The van der Waals surface area contributed by atoms with E-state index in [0.717, 1.165) is 37.5 Å². The largest absolute Gasteiger partial charge is 0.491 e. The molecule has 0 atom stereocenters. The van der Waals surface area contributed by atoms with Crippen molar-refractivity contribution in [2.24, 2.45) is 0 Å². The molecule has 1 amide bonds. The first-order valence-corrected chi connectivity index (χ1v) is 6.94. The highest BCUT2D eigenvalue weighted by atomic mass is 16.5. The van der Waals surface area contributed by atoms with Gasteiger partial charge in [-0.3, -0.25) is 4.79 Å². The number of ether oxygens (including phenoxy) is 1. The molecular formula is C15H22N2O2. The molecule has 104 valence electrons. The molecule has 1 heterocycles. The van der Waals surface area contributed by atoms with Crippen LogP contribution in [0.2, 0.25) is 0 Å². The minimum absolute atomic E-state index is 0.165. The first-order chi connectivity index (χ1) is 9.16. The van der Waals surface area contributed by atoms with Gasteiger partial charge in [0.1, 0.15) is 5.75 Å². The van der Waals surface area contributed by atoms with Crippen LogP contribution < -0.4 is 15.0 Å². The van der Waals surface area contributed by atoms with Gasteiger partial charge in [0.2, 0.25) is 5.91 Å². The maximum absolute atomic E-state index is 12.1. The molecule has 1 aromatic rings. The van der Waals surface area contributed by atoms with Crippen LogP contribution in [0, 0.1) is 0 Å². The molecule has 4 nitrogen and oxygen atoms in total. The summed E-state index contributed by atoms with van der Waals surface area (Å²) in [5.41, 5.74) is 0.949. The molecule has 0 aliphatic carbocycles. The minimum atomic E-state index is 0.165. The molecule has 2 rings (SSSR count). The number of nitrogens with one attached hydrogen (secondary N) is 1. The zero-order valence-corrected chi connectivity index (χ0v) is 11.7. The maximum atomic E-state index is 12.1. The molecule has 1 aliphatic heterocycles. The lowest BCUT2D eigenvalue weighted by atomic mass is 10.2. The van der Waals surface area contributed by atoms with E-state index in [0.29, 0.717) is 6.42 Å². The van der Waals surface area contributed by atoms with E-state index in [2.05, 4.69) is 5.32 Å². The number of amides is 1. The smallest absolute Gasteiger partial charge is 0.227 e. The van der Waals surface area contributed by atoms with E-state index in [9.17, 15) is 4.79 Å². The van der Waals surface area contributed by atoms with Crippen LogP contribution in [0.4, 0.5) is 5.69 Å². The highest BCUT2D eigenvalue weighted by molar-refractivity contribution is 5.93. The monoisotopic (exact) mass is 262 g/mol. The molecule has 1 saturated heterocycles. The van der Waals surface area contributed by atoms with E-state index in [4.69, 9.17) is 4.74 Å². The SMILES string of the molecule is CC(C)Oc1ccc(N2CCNCCCC2=O)cc1. The second-order valence-corrected chi connectivity index (χ2v) is 5.06. The zero-order chi connectivity index (χ0) is 13.7. The van der Waals surface area contributed by atoms with Gasteiger partial charge in [-0.1, -0.05) is 0 Å². The summed E-state index contributed by atoms with van der Waals surface area (Å²) in [5, 5.41) is 3.33. The number of rotatable bonds is 3. The maximum Gasteiger partial charge on any atom is 0.227 e. The highest BCUT2D eigenvalue weighted by Crippen LogP contribution is 2.21. The van der Waals surface area contributed by atoms with Gasteiger partial charge in [0.05, 0.1) is 6.10 Å². The van der Waals surface area contributed by atoms with E-state index in [-0.39, 0.29) is 12.0 Å². The summed E-state index contributed by atoms with van der Waals surface area (Å²) >= 11 is 0. The molecule has 1 N–H and O–H groups in total. The molecular weight excluding hydrogens is 240 g/mol. The van der Waals surface area contributed by atoms with Gasteiger partial charge in [-0.25, -0.2) is 0 Å². The van der Waals surface area contributed by atoms with Crippen molar-refractivity contribution in [3.63, 3.8) is 0 Å². The standard InChI is InChI=1S/C15H22N2O2/c1-12(2)19-14-7-5-13(6-8-14)17-11-10-16-9-3-4-15(17)18/h5-8,12,16H,3-4,9-11H2,1-2H3. The first-order valence-electron chi connectivity index (χ1n) is 6.94. The Morgan fingerprint density at radius 1 is 1.21 bits per heavy atom. The summed E-state index contributed by atoms with van der Waals surface area (Å²) in [4.78, 5) is 13.9. The minimum Gasteiger partial charge on any atom is -0.491 e. The quantitative estimate of drug-likeness (QED) is 0.908. The van der Waals surface area contributed by atoms with Crippen LogP contribution in [0.3, 0.4) is 0 Å². The van der Waals surface area contributed by atoms with Crippen molar-refractivity contribution < 1.29 is 9.53 Å². The Bertz CT molecular complexity index is 415. The second-order valence-electron chi connectivity index (χ2n) is 5.06. The normalized spacial score (nSPS) is 17.2. The third-order valence-corrected chi connectivity index (χ3v) is 3.08. The summed E-state index contributed by atoms with van der Waals surface area (Å²) in [6, 6.07) is 7.76. The van der Waals surface area contributed by atoms with Gasteiger partial charge in [0, 0.05) is 25.2 Å². The summed E-state index contributed by atoms with van der Waals surface area (Å²) in [6.45, 7) is 6.50. The molecule has 1 aliphatic rings. The number of carbonyl (C=O) groups is 1. The Balaban J connectivity index is 2.08. The molecule has 0 unspecified atom stereocenters. The van der Waals surface area contributed by atoms with Crippen LogP contribution in [0.15, 0.2) is 24.3 Å². The fraction of sp³-hybridized carbons (Fsp3) is 0.533. The molecule has 1 fully saturated rings. The molecule has 0 radical (unpaired) electrons. The van der Waals surface area contributed by atoms with Gasteiger partial charge in [-0.15, -0.1) is 0 Å². The van der Waals surface area contributed by atoms with Crippen molar-refractivity contribution in [2.45, 2.75) is 32.8 Å². The van der Waals surface area contributed by atoms with Gasteiger partial charge in [0.15, 0.2) is 0 Å². The second kappa shape index (κ2) is 6.57. The average Bonchev–Trinajstić information content (AvgIpc) is 2.35. The molecule has 19 heavy (non-hydrogen) atoms. The van der Waals surface area contributed by atoms with Crippen molar-refractivity contribution in [3.05, 3.63) is 24.3 Å². The summed E-state index contributed by atoms with van der Waals surface area (Å²) in [5.74, 6) is 1.05. The number of hydrogen-bond acceptors (Lipinski definition) is 3. The Hall–Kier alpha value is -1.55. The fourth-order valence-electron chi connectivity index (χ4n) is 2.19. The molecule has 0 spiro atoms. The van der Waals surface area contributed by atoms with E-state index in [1.54, 1.807) is 0 Å². The predicted octanol–water partition coefficient (Wildman–Crippen LogP) is 2.19. The lowest BCUT2D eigenvalue weighted by molar-refractivity contribution is -0.118. The predicted molar refractivity (Wildman–Crippen MR) is 76.7 cm³/mol. The fourth-order valence-corrected chi connectivity index (χ4v) is 2.19. The van der Waals surface area contributed by atoms with Crippen molar-refractivity contribution in [2.75, 3.05) is 24.5 Å². The molecule has 4 heteroatoms. The van der Waals surface area contributed by atoms with Gasteiger partial charge in [0.25, 0.3) is 0 Å². The average molecular weight is 262 g/mol. The molecule has 0 bridgehead atoms. The lowest BCUT2D eigenvalue weighted by Gasteiger charge is -2.25. The molecule has 0 aromatic heterocycles. The van der Waals surface area contributed by atoms with Crippen LogP contribution in [-0.2, 0) is 4.79 Å². The van der Waals surface area contributed by atoms with E-state index >= 15 is 0 Å². The summed E-state index contributed by atoms with van der Waals surface area (Å²) in [6.07, 6.45) is 1.68. The number of carbonyl (C=O) groups excluding carboxylic acids is 1. The number of hydrogen-bond donors (Lipinski definition) is 1. The van der Waals surface area contributed by atoms with Crippen LogP contribution in [-0.4, -0.2) is 31.6 Å². The van der Waals surface area contributed by atoms with Crippen molar-refractivity contribution in [3.8, 4) is 5.75 Å². The van der Waals surface area contributed by atoms with E-state index < -0.39 is 0 Å². The van der Waals surface area contributed by atoms with Crippen LogP contribution in [0.1, 0.15) is 26.7 Å². The Kier molecular flexibility index (Phi) is 4.80. The van der Waals surface area contributed by atoms with Crippen LogP contribution in [0.25, 0.3) is 0 Å². The lowest BCUT2D eigenvalue weighted by Crippen LogP contribution is -2.39. The van der Waals surface area contributed by atoms with Crippen LogP contribution >= 0.6 is 0 Å². The Morgan fingerprint density at radius 2 is 1.95 bits per heavy atom. The third kappa shape index (κ3) is 3.96. The van der Waals surface area contributed by atoms with Crippen molar-refractivity contribution in [1.29, 1.82) is 0 Å².